The molecule has 1 aromatic carbocycles. The van der Waals surface area contributed by atoms with Crippen LogP contribution in [0.4, 0.5) is 0 Å². The second-order valence-corrected chi connectivity index (χ2v) is 4.95. The van der Waals surface area contributed by atoms with Crippen LogP contribution in [0.2, 0.25) is 5.02 Å². The SMILES string of the molecule is CCCC=CN1C=CN(C)C1c1ccc(Cl)cc1.Cl. The van der Waals surface area contributed by atoms with Crippen molar-refractivity contribution in [2.24, 2.45) is 0 Å². The molecule has 0 aromatic heterocycles. The molecular formula is C15H20Cl2N2. The highest BCUT2D eigenvalue weighted by atomic mass is 35.5. The third-order valence-corrected chi connectivity index (χ3v) is 3.30. The Morgan fingerprint density at radius 2 is 1.89 bits per heavy atom. The summed E-state index contributed by atoms with van der Waals surface area (Å²) < 4.78 is 0. The van der Waals surface area contributed by atoms with Crippen molar-refractivity contribution in [1.29, 1.82) is 0 Å². The van der Waals surface area contributed by atoms with Crippen LogP contribution in [0.15, 0.2) is 48.9 Å². The first-order chi connectivity index (χ1) is 8.72. The van der Waals surface area contributed by atoms with E-state index in [2.05, 4.69) is 60.6 Å². The first kappa shape index (κ1) is 15.9. The lowest BCUT2D eigenvalue weighted by Crippen LogP contribution is -2.24. The molecule has 19 heavy (non-hydrogen) atoms. The number of benzene rings is 1. The first-order valence-corrected chi connectivity index (χ1v) is 6.70. The number of nitrogens with zero attached hydrogens (tertiary/aromatic N) is 2. The molecule has 2 rings (SSSR count). The van der Waals surface area contributed by atoms with Crippen molar-refractivity contribution in [2.75, 3.05) is 7.05 Å². The van der Waals surface area contributed by atoms with Crippen molar-refractivity contribution in [3.8, 4) is 0 Å². The molecule has 1 aliphatic heterocycles. The molecular weight excluding hydrogens is 279 g/mol. The Morgan fingerprint density at radius 1 is 1.21 bits per heavy atom. The average molecular weight is 299 g/mol. The summed E-state index contributed by atoms with van der Waals surface area (Å²) in [6.07, 6.45) is 11.1. The van der Waals surface area contributed by atoms with Crippen LogP contribution in [-0.4, -0.2) is 16.8 Å². The molecule has 1 heterocycles. The monoisotopic (exact) mass is 298 g/mol. The van der Waals surface area contributed by atoms with Crippen molar-refractivity contribution in [2.45, 2.75) is 25.9 Å². The van der Waals surface area contributed by atoms with Crippen molar-refractivity contribution < 1.29 is 0 Å². The van der Waals surface area contributed by atoms with Gasteiger partial charge in [0.2, 0.25) is 0 Å². The third-order valence-electron chi connectivity index (χ3n) is 3.04. The summed E-state index contributed by atoms with van der Waals surface area (Å²) >= 11 is 5.94. The molecule has 0 N–H and O–H groups in total. The van der Waals surface area contributed by atoms with Gasteiger partial charge in [-0.05, 0) is 24.1 Å². The number of hydrogen-bond acceptors (Lipinski definition) is 2. The van der Waals surface area contributed by atoms with Crippen LogP contribution in [0.3, 0.4) is 0 Å². The average Bonchev–Trinajstić information content (AvgIpc) is 2.72. The Balaban J connectivity index is 0.00000180. The fourth-order valence-corrected chi connectivity index (χ4v) is 2.22. The van der Waals surface area contributed by atoms with Crippen molar-refractivity contribution in [1.82, 2.24) is 9.80 Å². The highest BCUT2D eigenvalue weighted by Gasteiger charge is 2.23. The Bertz CT molecular complexity index is 440. The van der Waals surface area contributed by atoms with Crippen molar-refractivity contribution >= 4 is 24.0 Å². The van der Waals surface area contributed by atoms with Gasteiger partial charge in [0.05, 0.1) is 0 Å². The lowest BCUT2D eigenvalue weighted by molar-refractivity contribution is 0.229. The minimum Gasteiger partial charge on any atom is -0.355 e. The van der Waals surface area contributed by atoms with E-state index in [-0.39, 0.29) is 18.6 Å². The van der Waals surface area contributed by atoms with Gasteiger partial charge in [0.15, 0.2) is 0 Å². The maximum atomic E-state index is 5.94. The molecule has 0 bridgehead atoms. The molecule has 4 heteroatoms. The van der Waals surface area contributed by atoms with E-state index in [4.69, 9.17) is 11.6 Å². The number of halogens is 2. The zero-order valence-electron chi connectivity index (χ0n) is 11.3. The van der Waals surface area contributed by atoms with Crippen molar-refractivity contribution in [3.63, 3.8) is 0 Å². The van der Waals surface area contributed by atoms with Gasteiger partial charge in [0, 0.05) is 30.7 Å². The van der Waals surface area contributed by atoms with Crippen LogP contribution in [0.25, 0.3) is 0 Å². The maximum absolute atomic E-state index is 5.94. The molecule has 0 saturated carbocycles. The zero-order chi connectivity index (χ0) is 13.0. The van der Waals surface area contributed by atoms with Gasteiger partial charge in [-0.2, -0.15) is 0 Å². The highest BCUT2D eigenvalue weighted by Crippen LogP contribution is 2.30. The molecule has 1 atom stereocenters. The van der Waals surface area contributed by atoms with E-state index in [1.165, 1.54) is 12.0 Å². The van der Waals surface area contributed by atoms with E-state index in [0.717, 1.165) is 11.4 Å². The number of allylic oxidation sites excluding steroid dienone is 1. The molecule has 0 saturated heterocycles. The van der Waals surface area contributed by atoms with Gasteiger partial charge >= 0.3 is 0 Å². The van der Waals surface area contributed by atoms with E-state index in [9.17, 15) is 0 Å². The Hall–Kier alpha value is -1.12. The van der Waals surface area contributed by atoms with Crippen LogP contribution in [0, 0.1) is 0 Å². The van der Waals surface area contributed by atoms with E-state index in [0.29, 0.717) is 0 Å². The minimum atomic E-state index is 0. The lowest BCUT2D eigenvalue weighted by Gasteiger charge is -2.28. The summed E-state index contributed by atoms with van der Waals surface area (Å²) in [5.74, 6) is 0. The van der Waals surface area contributed by atoms with Crippen LogP contribution in [0.1, 0.15) is 31.5 Å². The summed E-state index contributed by atoms with van der Waals surface area (Å²) in [6.45, 7) is 2.19. The largest absolute Gasteiger partial charge is 0.355 e. The second kappa shape index (κ2) is 7.46. The van der Waals surface area contributed by atoms with Crippen LogP contribution in [-0.2, 0) is 0 Å². The topological polar surface area (TPSA) is 6.48 Å². The minimum absolute atomic E-state index is 0. The van der Waals surface area contributed by atoms with E-state index < -0.39 is 0 Å². The molecule has 0 spiro atoms. The predicted molar refractivity (Wildman–Crippen MR) is 84.2 cm³/mol. The summed E-state index contributed by atoms with van der Waals surface area (Å²) in [5.41, 5.74) is 1.24. The summed E-state index contributed by atoms with van der Waals surface area (Å²) in [5, 5.41) is 0.778. The highest BCUT2D eigenvalue weighted by molar-refractivity contribution is 6.30. The Labute approximate surface area is 126 Å². The van der Waals surface area contributed by atoms with E-state index >= 15 is 0 Å². The number of unbranched alkanes of at least 4 members (excludes halogenated alkanes) is 1. The van der Waals surface area contributed by atoms with Crippen LogP contribution in [0.5, 0.6) is 0 Å². The van der Waals surface area contributed by atoms with Gasteiger partial charge in [0.1, 0.15) is 6.17 Å². The standard InChI is InChI=1S/C15H19ClN2.ClH/c1-3-4-5-10-18-12-11-17(2)15(18)13-6-8-14(16)9-7-13;/h5-12,15H,3-4H2,1-2H3;1H. The quantitative estimate of drug-likeness (QED) is 0.788. The summed E-state index contributed by atoms with van der Waals surface area (Å²) in [4.78, 5) is 4.42. The number of rotatable bonds is 4. The molecule has 104 valence electrons. The second-order valence-electron chi connectivity index (χ2n) is 4.51. The molecule has 0 aliphatic carbocycles. The van der Waals surface area contributed by atoms with Gasteiger partial charge in [-0.3, -0.25) is 0 Å². The van der Waals surface area contributed by atoms with Crippen LogP contribution < -0.4 is 0 Å². The Kier molecular flexibility index (Phi) is 6.26. The molecule has 2 nitrogen and oxygen atoms in total. The fourth-order valence-electron chi connectivity index (χ4n) is 2.09. The lowest BCUT2D eigenvalue weighted by atomic mass is 10.1. The molecule has 1 unspecified atom stereocenters. The normalized spacial score (nSPS) is 18.2. The van der Waals surface area contributed by atoms with Gasteiger partial charge in [-0.1, -0.05) is 43.2 Å². The predicted octanol–water partition coefficient (Wildman–Crippen LogP) is 4.79. The van der Waals surface area contributed by atoms with Gasteiger partial charge in [-0.25, -0.2) is 0 Å². The molecule has 0 radical (unpaired) electrons. The van der Waals surface area contributed by atoms with Crippen LogP contribution >= 0.6 is 24.0 Å². The zero-order valence-corrected chi connectivity index (χ0v) is 12.9. The fraction of sp³-hybridized carbons (Fsp3) is 0.333. The first-order valence-electron chi connectivity index (χ1n) is 6.32. The summed E-state index contributed by atoms with van der Waals surface area (Å²) in [7, 11) is 2.09. The van der Waals surface area contributed by atoms with E-state index in [1.807, 2.05) is 12.1 Å². The molecule has 0 fully saturated rings. The van der Waals surface area contributed by atoms with Gasteiger partial charge in [0.25, 0.3) is 0 Å². The molecule has 0 amide bonds. The molecule has 1 aromatic rings. The Morgan fingerprint density at radius 3 is 2.53 bits per heavy atom. The van der Waals surface area contributed by atoms with Gasteiger partial charge < -0.3 is 9.80 Å². The van der Waals surface area contributed by atoms with E-state index in [1.54, 1.807) is 0 Å². The molecule has 1 aliphatic rings. The number of hydrogen-bond donors (Lipinski definition) is 0. The summed E-state index contributed by atoms with van der Waals surface area (Å²) in [6, 6.07) is 8.04. The van der Waals surface area contributed by atoms with Gasteiger partial charge in [-0.15, -0.1) is 12.4 Å². The van der Waals surface area contributed by atoms with Crippen molar-refractivity contribution in [3.05, 3.63) is 59.5 Å². The third kappa shape index (κ3) is 3.92. The maximum Gasteiger partial charge on any atom is 0.131 e. The smallest absolute Gasteiger partial charge is 0.131 e.